The Labute approximate surface area is 93.9 Å². The van der Waals surface area contributed by atoms with Gasteiger partial charge in [0.25, 0.3) is 0 Å². The van der Waals surface area contributed by atoms with Crippen LogP contribution in [0.4, 0.5) is 4.79 Å². The minimum atomic E-state index is -2.48. The predicted molar refractivity (Wildman–Crippen MR) is 53.1 cm³/mol. The smallest absolute Gasteiger partial charge is 0.460 e. The fourth-order valence-corrected chi connectivity index (χ4v) is 1.53. The predicted octanol–water partition coefficient (Wildman–Crippen LogP) is 1.44. The van der Waals surface area contributed by atoms with Crippen LogP contribution in [0.3, 0.4) is 0 Å². The molecule has 0 N–H and O–H groups in total. The van der Waals surface area contributed by atoms with E-state index in [-0.39, 0.29) is 13.2 Å². The first-order chi connectivity index (χ1) is 7.56. The summed E-state index contributed by atoms with van der Waals surface area (Å²) in [5.41, 5.74) is 0. The Hall–Kier alpha value is -1.20. The molecule has 2 unspecified atom stereocenters. The highest BCUT2D eigenvalue weighted by molar-refractivity contribution is 7.41. The first-order valence-electron chi connectivity index (χ1n) is 4.57. The zero-order valence-electron chi connectivity index (χ0n) is 9.30. The standard InChI is InChI=1S/C8H14O7P/c1-4-13-6(9)7(15-8(10)12-3)16(11)14-5-2/h7H,4-5H2,1-3H3/q+1. The topological polar surface area (TPSA) is 88.1 Å². The summed E-state index contributed by atoms with van der Waals surface area (Å²) in [5, 5.41) is 0. The van der Waals surface area contributed by atoms with Crippen molar-refractivity contribution in [3.05, 3.63) is 0 Å². The Morgan fingerprint density at radius 3 is 2.31 bits per heavy atom. The third-order valence-corrected chi connectivity index (χ3v) is 2.52. The van der Waals surface area contributed by atoms with Crippen LogP contribution in [0.2, 0.25) is 0 Å². The molecule has 0 aliphatic heterocycles. The van der Waals surface area contributed by atoms with E-state index < -0.39 is 26.0 Å². The number of ether oxygens (including phenoxy) is 3. The second kappa shape index (κ2) is 8.01. The van der Waals surface area contributed by atoms with E-state index >= 15 is 0 Å². The lowest BCUT2D eigenvalue weighted by atomic mass is 10.7. The molecule has 0 heterocycles. The maximum Gasteiger partial charge on any atom is 0.566 e. The minimum absolute atomic E-state index is 0.0785. The van der Waals surface area contributed by atoms with E-state index in [1.807, 2.05) is 0 Å². The summed E-state index contributed by atoms with van der Waals surface area (Å²) in [5.74, 6) is -2.52. The Bertz CT molecular complexity index is 247. The van der Waals surface area contributed by atoms with Gasteiger partial charge in [-0.15, -0.1) is 4.52 Å². The van der Waals surface area contributed by atoms with Crippen LogP contribution in [0, 0.1) is 0 Å². The van der Waals surface area contributed by atoms with Gasteiger partial charge in [-0.1, -0.05) is 0 Å². The molecule has 0 fully saturated rings. The van der Waals surface area contributed by atoms with Crippen molar-refractivity contribution in [2.24, 2.45) is 0 Å². The quantitative estimate of drug-likeness (QED) is 0.522. The van der Waals surface area contributed by atoms with Crippen LogP contribution in [0.25, 0.3) is 0 Å². The molecule has 0 aromatic heterocycles. The lowest BCUT2D eigenvalue weighted by Crippen LogP contribution is -2.26. The van der Waals surface area contributed by atoms with Crippen LogP contribution in [0.15, 0.2) is 0 Å². The molecule has 0 aliphatic carbocycles. The number of carbonyl (C=O) groups excluding carboxylic acids is 2. The monoisotopic (exact) mass is 253 g/mol. The number of hydrogen-bond donors (Lipinski definition) is 0. The number of esters is 1. The molecule has 0 aromatic carbocycles. The fraction of sp³-hybridized carbons (Fsp3) is 0.750. The molecule has 92 valence electrons. The van der Waals surface area contributed by atoms with E-state index in [1.54, 1.807) is 13.8 Å². The summed E-state index contributed by atoms with van der Waals surface area (Å²) in [4.78, 5) is 22.1. The average molecular weight is 253 g/mol. The lowest BCUT2D eigenvalue weighted by molar-refractivity contribution is -0.149. The second-order valence-electron chi connectivity index (χ2n) is 2.38. The van der Waals surface area contributed by atoms with Crippen LogP contribution in [0.1, 0.15) is 13.8 Å². The summed E-state index contributed by atoms with van der Waals surface area (Å²) in [7, 11) is -1.41. The Morgan fingerprint density at radius 1 is 1.25 bits per heavy atom. The van der Waals surface area contributed by atoms with Crippen molar-refractivity contribution < 1.29 is 32.9 Å². The molecular weight excluding hydrogens is 239 g/mol. The molecule has 16 heavy (non-hydrogen) atoms. The summed E-state index contributed by atoms with van der Waals surface area (Å²) in [6.07, 6.45) is -1.12. The van der Waals surface area contributed by atoms with E-state index in [0.717, 1.165) is 7.11 Å². The molecule has 0 saturated heterocycles. The van der Waals surface area contributed by atoms with Gasteiger partial charge in [-0.2, -0.15) is 0 Å². The van der Waals surface area contributed by atoms with Gasteiger partial charge in [-0.25, -0.2) is 9.59 Å². The maximum absolute atomic E-state index is 11.4. The van der Waals surface area contributed by atoms with Gasteiger partial charge in [0.15, 0.2) is 0 Å². The SMILES string of the molecule is CCOC(=O)C(OC(=O)OC)[P+](=O)OCC. The van der Waals surface area contributed by atoms with E-state index in [4.69, 9.17) is 4.52 Å². The van der Waals surface area contributed by atoms with Crippen molar-refractivity contribution in [1.29, 1.82) is 0 Å². The van der Waals surface area contributed by atoms with Crippen molar-refractivity contribution in [3.8, 4) is 0 Å². The summed E-state index contributed by atoms with van der Waals surface area (Å²) in [6.45, 7) is 3.36. The van der Waals surface area contributed by atoms with Crippen LogP contribution in [-0.2, 0) is 28.1 Å². The molecule has 2 atom stereocenters. The van der Waals surface area contributed by atoms with E-state index in [2.05, 4.69) is 14.2 Å². The third kappa shape index (κ3) is 5.04. The van der Waals surface area contributed by atoms with Gasteiger partial charge in [0.1, 0.15) is 0 Å². The molecule has 0 radical (unpaired) electrons. The van der Waals surface area contributed by atoms with Gasteiger partial charge in [-0.3, -0.25) is 0 Å². The van der Waals surface area contributed by atoms with E-state index in [1.165, 1.54) is 0 Å². The van der Waals surface area contributed by atoms with Crippen LogP contribution >= 0.6 is 8.03 Å². The lowest BCUT2D eigenvalue weighted by Gasteiger charge is -2.06. The van der Waals surface area contributed by atoms with Gasteiger partial charge in [0.05, 0.1) is 20.3 Å². The van der Waals surface area contributed by atoms with Gasteiger partial charge in [-0.05, 0) is 18.4 Å². The van der Waals surface area contributed by atoms with Gasteiger partial charge in [0, 0.05) is 0 Å². The van der Waals surface area contributed by atoms with Crippen molar-refractivity contribution in [2.75, 3.05) is 20.3 Å². The second-order valence-corrected chi connectivity index (χ2v) is 3.68. The van der Waals surface area contributed by atoms with Crippen LogP contribution < -0.4 is 0 Å². The largest absolute Gasteiger partial charge is 0.566 e. The number of carbonyl (C=O) groups is 2. The van der Waals surface area contributed by atoms with Crippen LogP contribution in [-0.4, -0.2) is 38.3 Å². The fourth-order valence-electron chi connectivity index (χ4n) is 0.725. The highest BCUT2D eigenvalue weighted by Crippen LogP contribution is 2.31. The third-order valence-electron chi connectivity index (χ3n) is 1.31. The van der Waals surface area contributed by atoms with E-state index in [9.17, 15) is 14.2 Å². The molecule has 0 bridgehead atoms. The zero-order chi connectivity index (χ0) is 12.6. The molecule has 0 amide bonds. The maximum atomic E-state index is 11.4. The van der Waals surface area contributed by atoms with Crippen molar-refractivity contribution in [3.63, 3.8) is 0 Å². The minimum Gasteiger partial charge on any atom is -0.460 e. The highest BCUT2D eigenvalue weighted by atomic mass is 31.1. The normalized spacial score (nSPS) is 12.6. The Balaban J connectivity index is 4.55. The number of methoxy groups -OCH3 is 1. The molecule has 0 rings (SSSR count). The van der Waals surface area contributed by atoms with Crippen molar-refractivity contribution in [1.82, 2.24) is 0 Å². The molecular formula is C8H14O7P+. The molecule has 7 nitrogen and oxygen atoms in total. The molecule has 0 aliphatic rings. The van der Waals surface area contributed by atoms with Gasteiger partial charge < -0.3 is 14.2 Å². The summed E-state index contributed by atoms with van der Waals surface area (Å²) < 4.78 is 29.3. The van der Waals surface area contributed by atoms with Crippen LogP contribution in [0.5, 0.6) is 0 Å². The van der Waals surface area contributed by atoms with E-state index in [0.29, 0.717) is 0 Å². The highest BCUT2D eigenvalue weighted by Gasteiger charge is 2.45. The number of hydrogen-bond acceptors (Lipinski definition) is 7. The summed E-state index contributed by atoms with van der Waals surface area (Å²) in [6, 6.07) is 0. The average Bonchev–Trinajstić information content (AvgIpc) is 2.25. The molecule has 0 aromatic rings. The van der Waals surface area contributed by atoms with Crippen molar-refractivity contribution in [2.45, 2.75) is 19.7 Å². The van der Waals surface area contributed by atoms with Crippen molar-refractivity contribution >= 4 is 20.2 Å². The summed E-state index contributed by atoms with van der Waals surface area (Å²) >= 11 is 0. The molecule has 0 spiro atoms. The van der Waals surface area contributed by atoms with Gasteiger partial charge >= 0.3 is 26.0 Å². The van der Waals surface area contributed by atoms with Gasteiger partial charge in [0.2, 0.25) is 0 Å². The Morgan fingerprint density at radius 2 is 1.88 bits per heavy atom. The Kier molecular flexibility index (Phi) is 7.41. The molecule has 0 saturated carbocycles. The first kappa shape index (κ1) is 14.8. The number of rotatable bonds is 6. The first-order valence-corrected chi connectivity index (χ1v) is 5.81. The zero-order valence-corrected chi connectivity index (χ0v) is 10.2. The molecule has 8 heteroatoms.